The van der Waals surface area contributed by atoms with Crippen LogP contribution in [0.2, 0.25) is 5.02 Å². The monoisotopic (exact) mass is 574 g/mol. The van der Waals surface area contributed by atoms with Crippen molar-refractivity contribution < 1.29 is 13.9 Å². The van der Waals surface area contributed by atoms with Crippen LogP contribution in [-0.2, 0) is 11.3 Å². The average molecular weight is 575 g/mol. The Morgan fingerprint density at radius 2 is 1.90 bits per heavy atom. The molecule has 2 aliphatic rings. The van der Waals surface area contributed by atoms with Crippen molar-refractivity contribution >= 4 is 34.9 Å². The Morgan fingerprint density at radius 1 is 1.12 bits per heavy atom. The minimum Gasteiger partial charge on any atom is -0.496 e. The molecule has 1 amide bonds. The number of ether oxygens (including phenoxy) is 1. The minimum atomic E-state index is -1.26. The second-order valence-electron chi connectivity index (χ2n) is 10.2. The summed E-state index contributed by atoms with van der Waals surface area (Å²) in [5.41, 5.74) is 5.19. The van der Waals surface area contributed by atoms with E-state index in [4.69, 9.17) is 26.3 Å². The molecule has 0 spiro atoms. The molecular formula is C31H32ClFN6O2. The number of likely N-dealkylation sites (N-methyl/N-ethyl adjacent to an activating group) is 2. The van der Waals surface area contributed by atoms with Gasteiger partial charge in [0.05, 0.1) is 30.6 Å². The van der Waals surface area contributed by atoms with E-state index in [1.165, 1.54) is 7.11 Å². The molecule has 3 aromatic rings. The number of fused-ring (bicyclic) bond motifs is 3. The maximum atomic E-state index is 15.3. The van der Waals surface area contributed by atoms with E-state index in [1.54, 1.807) is 54.6 Å². The van der Waals surface area contributed by atoms with E-state index in [9.17, 15) is 4.79 Å². The van der Waals surface area contributed by atoms with E-state index >= 15 is 4.39 Å². The first-order chi connectivity index (χ1) is 19.7. The fraction of sp³-hybridized carbons (Fsp3) is 0.290. The number of nitrogens with one attached hydrogen (secondary N) is 1. The van der Waals surface area contributed by atoms with E-state index in [-0.39, 0.29) is 18.9 Å². The Morgan fingerprint density at radius 3 is 2.63 bits per heavy atom. The zero-order valence-electron chi connectivity index (χ0n) is 23.5. The molecule has 1 aliphatic carbocycles. The molecule has 41 heavy (non-hydrogen) atoms. The Labute approximate surface area is 244 Å². The second kappa shape index (κ2) is 12.2. The number of amides is 1. The van der Waals surface area contributed by atoms with Gasteiger partial charge in [-0.05, 0) is 56.6 Å². The van der Waals surface area contributed by atoms with Gasteiger partial charge in [-0.15, -0.1) is 0 Å². The zero-order chi connectivity index (χ0) is 29.1. The Balaban J connectivity index is 1.43. The lowest BCUT2D eigenvalue weighted by Crippen LogP contribution is -2.33. The third kappa shape index (κ3) is 6.16. The molecule has 0 saturated carbocycles. The number of carbonyl (C=O) groups excluding carboxylic acids is 1. The van der Waals surface area contributed by atoms with Gasteiger partial charge < -0.3 is 19.9 Å². The summed E-state index contributed by atoms with van der Waals surface area (Å²) in [4.78, 5) is 30.7. The Kier molecular flexibility index (Phi) is 8.46. The lowest BCUT2D eigenvalue weighted by molar-refractivity contribution is 0.0786. The number of alkyl halides is 1. The van der Waals surface area contributed by atoms with Gasteiger partial charge in [0.2, 0.25) is 5.95 Å². The lowest BCUT2D eigenvalue weighted by atomic mass is 9.89. The topological polar surface area (TPSA) is 83.0 Å². The molecule has 0 radical (unpaired) electrons. The van der Waals surface area contributed by atoms with Crippen molar-refractivity contribution in [1.82, 2.24) is 19.8 Å². The first kappa shape index (κ1) is 28.4. The predicted molar refractivity (Wildman–Crippen MR) is 161 cm³/mol. The first-order valence-electron chi connectivity index (χ1n) is 13.3. The molecule has 8 nitrogen and oxygen atoms in total. The molecule has 2 aromatic carbocycles. The molecule has 1 aliphatic heterocycles. The SMILES string of the molecule is COC1=C(C2=NCc3cnc(Nc4ccc(C(=O)N(C)CCN(C)C)cc4)nc3-c3ccc(Cl)cc32)C(F)CC=C1. The molecule has 0 saturated heterocycles. The standard InChI is InChI=1S/C31H32ClFN6O2/c1-38(2)14-15-39(3)30(40)19-8-11-22(12-9-19)36-31-35-18-20-17-34-29(27-25(33)6-5-7-26(27)41-4)24-16-21(32)10-13-23(24)28(20)37-31/h5,7-13,16,18,25H,6,14-15,17H2,1-4H3,(H,35,36,37). The lowest BCUT2D eigenvalue weighted by Gasteiger charge is -2.21. The highest BCUT2D eigenvalue weighted by Gasteiger charge is 2.30. The molecule has 10 heteroatoms. The van der Waals surface area contributed by atoms with Crippen LogP contribution in [0.4, 0.5) is 16.0 Å². The molecule has 1 unspecified atom stereocenters. The number of nitrogens with zero attached hydrogens (tertiary/aromatic N) is 5. The van der Waals surface area contributed by atoms with Crippen LogP contribution in [0.5, 0.6) is 0 Å². The van der Waals surface area contributed by atoms with Crippen LogP contribution in [-0.4, -0.2) is 78.9 Å². The van der Waals surface area contributed by atoms with E-state index < -0.39 is 6.17 Å². The molecule has 5 rings (SSSR count). The number of carbonyl (C=O) groups is 1. The first-order valence-corrected chi connectivity index (χ1v) is 13.7. The van der Waals surface area contributed by atoms with Gasteiger partial charge >= 0.3 is 0 Å². The highest BCUT2D eigenvalue weighted by molar-refractivity contribution is 6.31. The van der Waals surface area contributed by atoms with Crippen LogP contribution in [0.1, 0.15) is 27.9 Å². The summed E-state index contributed by atoms with van der Waals surface area (Å²) >= 11 is 6.41. The van der Waals surface area contributed by atoms with Crippen LogP contribution in [0.25, 0.3) is 11.3 Å². The maximum absolute atomic E-state index is 15.3. The highest BCUT2D eigenvalue weighted by Crippen LogP contribution is 2.36. The van der Waals surface area contributed by atoms with Crippen LogP contribution < -0.4 is 5.32 Å². The number of benzene rings is 2. The van der Waals surface area contributed by atoms with Gasteiger partial charge in [-0.1, -0.05) is 23.7 Å². The van der Waals surface area contributed by atoms with Gasteiger partial charge in [-0.25, -0.2) is 14.4 Å². The number of allylic oxidation sites excluding steroid dienone is 3. The fourth-order valence-electron chi connectivity index (χ4n) is 4.81. The summed E-state index contributed by atoms with van der Waals surface area (Å²) in [7, 11) is 7.28. The van der Waals surface area contributed by atoms with Crippen molar-refractivity contribution in [3.63, 3.8) is 0 Å². The molecule has 212 valence electrons. The molecule has 0 bridgehead atoms. The van der Waals surface area contributed by atoms with Crippen LogP contribution >= 0.6 is 11.6 Å². The maximum Gasteiger partial charge on any atom is 0.253 e. The molecule has 2 heterocycles. The van der Waals surface area contributed by atoms with Crippen molar-refractivity contribution in [2.75, 3.05) is 46.7 Å². The number of methoxy groups -OCH3 is 1. The van der Waals surface area contributed by atoms with Gasteiger partial charge in [0.1, 0.15) is 11.9 Å². The number of aromatic nitrogens is 2. The van der Waals surface area contributed by atoms with Crippen molar-refractivity contribution in [2.24, 2.45) is 4.99 Å². The highest BCUT2D eigenvalue weighted by atomic mass is 35.5. The van der Waals surface area contributed by atoms with Gasteiger partial charge in [0.15, 0.2) is 0 Å². The van der Waals surface area contributed by atoms with E-state index in [2.05, 4.69) is 10.3 Å². The number of hydrogen-bond donors (Lipinski definition) is 1. The van der Waals surface area contributed by atoms with E-state index in [0.717, 1.165) is 23.4 Å². The number of halogens is 2. The van der Waals surface area contributed by atoms with Crippen LogP contribution in [0, 0.1) is 0 Å². The zero-order valence-corrected chi connectivity index (χ0v) is 24.2. The summed E-state index contributed by atoms with van der Waals surface area (Å²) in [6.07, 6.45) is 4.25. The largest absolute Gasteiger partial charge is 0.496 e. The fourth-order valence-corrected chi connectivity index (χ4v) is 4.98. The summed E-state index contributed by atoms with van der Waals surface area (Å²) < 4.78 is 20.8. The third-order valence-corrected chi connectivity index (χ3v) is 7.28. The normalized spacial score (nSPS) is 16.1. The van der Waals surface area contributed by atoms with Crippen molar-refractivity contribution in [3.05, 3.63) is 93.9 Å². The molecule has 1 aromatic heterocycles. The number of hydrogen-bond acceptors (Lipinski definition) is 7. The van der Waals surface area contributed by atoms with Crippen LogP contribution in [0.3, 0.4) is 0 Å². The molecule has 1 atom stereocenters. The minimum absolute atomic E-state index is 0.0403. The number of rotatable bonds is 8. The number of aliphatic imine (C=N–C) groups is 1. The summed E-state index contributed by atoms with van der Waals surface area (Å²) in [6, 6.07) is 12.7. The Bertz CT molecular complexity index is 1550. The predicted octanol–water partition coefficient (Wildman–Crippen LogP) is 5.68. The van der Waals surface area contributed by atoms with Gasteiger partial charge in [0, 0.05) is 65.7 Å². The third-order valence-electron chi connectivity index (χ3n) is 7.05. The van der Waals surface area contributed by atoms with Crippen molar-refractivity contribution in [3.8, 4) is 11.3 Å². The van der Waals surface area contributed by atoms with Crippen LogP contribution in [0.15, 0.2) is 77.1 Å². The second-order valence-corrected chi connectivity index (χ2v) is 10.7. The molecular weight excluding hydrogens is 543 g/mol. The van der Waals surface area contributed by atoms with Gasteiger partial charge in [-0.2, -0.15) is 0 Å². The van der Waals surface area contributed by atoms with E-state index in [1.807, 2.05) is 37.2 Å². The smallest absolute Gasteiger partial charge is 0.253 e. The van der Waals surface area contributed by atoms with Gasteiger partial charge in [-0.3, -0.25) is 9.79 Å². The van der Waals surface area contributed by atoms with Crippen molar-refractivity contribution in [2.45, 2.75) is 19.1 Å². The summed E-state index contributed by atoms with van der Waals surface area (Å²) in [6.45, 7) is 1.70. The molecule has 1 N–H and O–H groups in total. The quantitative estimate of drug-likeness (QED) is 0.373. The average Bonchev–Trinajstić information content (AvgIpc) is 3.12. The number of anilines is 2. The van der Waals surface area contributed by atoms with Gasteiger partial charge in [0.25, 0.3) is 5.91 Å². The van der Waals surface area contributed by atoms with E-state index in [0.29, 0.717) is 51.4 Å². The van der Waals surface area contributed by atoms with Crippen molar-refractivity contribution in [1.29, 1.82) is 0 Å². The summed E-state index contributed by atoms with van der Waals surface area (Å²) in [5, 5.41) is 3.74. The molecule has 0 fully saturated rings. The summed E-state index contributed by atoms with van der Waals surface area (Å²) in [5.74, 6) is 0.788. The Hall–Kier alpha value is -4.08.